The SMILES string of the molecule is CSC(C)CCNc1ccc([N+](=O)[O-])c(C(=O)O)c1. The number of rotatable bonds is 7. The minimum absolute atomic E-state index is 0.298. The van der Waals surface area contributed by atoms with Crippen LogP contribution in [0.5, 0.6) is 0 Å². The van der Waals surface area contributed by atoms with Crippen LogP contribution in [-0.2, 0) is 0 Å². The number of hydrogen-bond acceptors (Lipinski definition) is 5. The zero-order valence-electron chi connectivity index (χ0n) is 10.8. The number of anilines is 1. The number of benzene rings is 1. The van der Waals surface area contributed by atoms with Crippen LogP contribution in [0.25, 0.3) is 0 Å². The number of carboxylic acid groups (broad SMARTS) is 1. The van der Waals surface area contributed by atoms with Crippen LogP contribution in [0.1, 0.15) is 23.7 Å². The van der Waals surface area contributed by atoms with Crippen LogP contribution >= 0.6 is 11.8 Å². The first-order chi connectivity index (χ1) is 8.95. The first kappa shape index (κ1) is 15.3. The van der Waals surface area contributed by atoms with E-state index in [1.165, 1.54) is 18.2 Å². The monoisotopic (exact) mass is 284 g/mol. The molecule has 0 radical (unpaired) electrons. The molecule has 1 atom stereocenters. The molecule has 0 aromatic heterocycles. The number of nitrogens with one attached hydrogen (secondary N) is 1. The Morgan fingerprint density at radius 1 is 1.58 bits per heavy atom. The van der Waals surface area contributed by atoms with Gasteiger partial charge in [0.1, 0.15) is 5.56 Å². The quantitative estimate of drug-likeness (QED) is 0.591. The number of hydrogen-bond donors (Lipinski definition) is 2. The summed E-state index contributed by atoms with van der Waals surface area (Å²) in [7, 11) is 0. The number of thioether (sulfide) groups is 1. The minimum Gasteiger partial charge on any atom is -0.477 e. The van der Waals surface area contributed by atoms with Gasteiger partial charge in [-0.1, -0.05) is 6.92 Å². The van der Waals surface area contributed by atoms with Gasteiger partial charge >= 0.3 is 5.97 Å². The third-order valence-electron chi connectivity index (χ3n) is 2.71. The van der Waals surface area contributed by atoms with Crippen molar-refractivity contribution < 1.29 is 14.8 Å². The summed E-state index contributed by atoms with van der Waals surface area (Å²) < 4.78 is 0. The second-order valence-electron chi connectivity index (χ2n) is 4.06. The Kier molecular flexibility index (Phi) is 5.62. The highest BCUT2D eigenvalue weighted by Gasteiger charge is 2.19. The summed E-state index contributed by atoms with van der Waals surface area (Å²) in [5, 5.41) is 23.2. The lowest BCUT2D eigenvalue weighted by Crippen LogP contribution is -2.09. The molecular weight excluding hydrogens is 268 g/mol. The molecule has 0 fully saturated rings. The lowest BCUT2D eigenvalue weighted by molar-refractivity contribution is -0.385. The fraction of sp³-hybridized carbons (Fsp3) is 0.417. The van der Waals surface area contributed by atoms with Crippen molar-refractivity contribution in [2.45, 2.75) is 18.6 Å². The maximum atomic E-state index is 11.0. The number of nitro benzene ring substituents is 1. The average Bonchev–Trinajstić information content (AvgIpc) is 2.38. The second-order valence-corrected chi connectivity index (χ2v) is 5.33. The second kappa shape index (κ2) is 6.98. The van der Waals surface area contributed by atoms with Crippen molar-refractivity contribution in [2.24, 2.45) is 0 Å². The van der Waals surface area contributed by atoms with Crippen LogP contribution in [0.2, 0.25) is 0 Å². The van der Waals surface area contributed by atoms with Crippen LogP contribution in [-0.4, -0.2) is 34.0 Å². The molecule has 0 saturated heterocycles. The zero-order valence-corrected chi connectivity index (χ0v) is 11.6. The van der Waals surface area contributed by atoms with E-state index in [-0.39, 0.29) is 5.56 Å². The van der Waals surface area contributed by atoms with Gasteiger partial charge < -0.3 is 10.4 Å². The number of nitro groups is 1. The molecule has 1 aromatic rings. The summed E-state index contributed by atoms with van der Waals surface area (Å²) in [6.07, 6.45) is 2.96. The average molecular weight is 284 g/mol. The van der Waals surface area contributed by atoms with E-state index >= 15 is 0 Å². The van der Waals surface area contributed by atoms with Crippen molar-refractivity contribution in [1.29, 1.82) is 0 Å². The van der Waals surface area contributed by atoms with Gasteiger partial charge in [-0.15, -0.1) is 0 Å². The lowest BCUT2D eigenvalue weighted by Gasteiger charge is -2.10. The zero-order chi connectivity index (χ0) is 14.4. The first-order valence-electron chi connectivity index (χ1n) is 5.74. The maximum Gasteiger partial charge on any atom is 0.342 e. The van der Waals surface area contributed by atoms with Crippen LogP contribution in [0.4, 0.5) is 11.4 Å². The van der Waals surface area contributed by atoms with E-state index in [1.807, 2.05) is 6.26 Å². The summed E-state index contributed by atoms with van der Waals surface area (Å²) in [5.41, 5.74) is -0.111. The van der Waals surface area contributed by atoms with Crippen molar-refractivity contribution >= 4 is 29.1 Å². The molecule has 0 spiro atoms. The number of carbonyl (C=O) groups is 1. The topological polar surface area (TPSA) is 92.5 Å². The highest BCUT2D eigenvalue weighted by molar-refractivity contribution is 7.99. The van der Waals surface area contributed by atoms with Crippen molar-refractivity contribution in [3.05, 3.63) is 33.9 Å². The summed E-state index contributed by atoms with van der Waals surface area (Å²) in [5.74, 6) is -1.30. The number of aromatic carboxylic acids is 1. The normalized spacial score (nSPS) is 11.9. The van der Waals surface area contributed by atoms with Crippen molar-refractivity contribution in [1.82, 2.24) is 0 Å². The van der Waals surface area contributed by atoms with Gasteiger partial charge in [-0.05, 0) is 24.8 Å². The van der Waals surface area contributed by atoms with E-state index in [4.69, 9.17) is 5.11 Å². The molecule has 0 saturated carbocycles. The molecule has 0 heterocycles. The van der Waals surface area contributed by atoms with Gasteiger partial charge in [0.15, 0.2) is 0 Å². The minimum atomic E-state index is -1.30. The summed E-state index contributed by atoms with van der Waals surface area (Å²) >= 11 is 1.75. The van der Waals surface area contributed by atoms with Gasteiger partial charge in [-0.25, -0.2) is 4.79 Å². The first-order valence-corrected chi connectivity index (χ1v) is 7.03. The van der Waals surface area contributed by atoms with E-state index < -0.39 is 16.6 Å². The van der Waals surface area contributed by atoms with Crippen molar-refractivity contribution in [3.8, 4) is 0 Å². The molecule has 19 heavy (non-hydrogen) atoms. The molecule has 6 nitrogen and oxygen atoms in total. The fourth-order valence-electron chi connectivity index (χ4n) is 1.51. The fourth-order valence-corrected chi connectivity index (χ4v) is 1.87. The van der Waals surface area contributed by atoms with E-state index in [0.717, 1.165) is 6.42 Å². The molecule has 0 aliphatic carbocycles. The van der Waals surface area contributed by atoms with Gasteiger partial charge in [0.2, 0.25) is 0 Å². The van der Waals surface area contributed by atoms with Crippen molar-refractivity contribution in [2.75, 3.05) is 18.1 Å². The largest absolute Gasteiger partial charge is 0.477 e. The molecule has 7 heteroatoms. The molecule has 0 aliphatic heterocycles. The van der Waals surface area contributed by atoms with Crippen LogP contribution in [0.3, 0.4) is 0 Å². The van der Waals surface area contributed by atoms with Crippen molar-refractivity contribution in [3.63, 3.8) is 0 Å². The Bertz CT molecular complexity index is 479. The molecule has 2 N–H and O–H groups in total. The summed E-state index contributed by atoms with van der Waals surface area (Å²) in [4.78, 5) is 21.0. The standard InChI is InChI=1S/C12H16N2O4S/c1-8(19-2)5-6-13-9-3-4-11(14(17)18)10(7-9)12(15)16/h3-4,7-8,13H,5-6H2,1-2H3,(H,15,16). The van der Waals surface area contributed by atoms with Crippen LogP contribution in [0, 0.1) is 10.1 Å². The third-order valence-corrected chi connectivity index (χ3v) is 3.75. The van der Waals surface area contributed by atoms with Gasteiger partial charge in [0, 0.05) is 23.5 Å². The molecule has 0 aliphatic rings. The number of carboxylic acids is 1. The van der Waals surface area contributed by atoms with Gasteiger partial charge in [-0.2, -0.15) is 11.8 Å². The van der Waals surface area contributed by atoms with Gasteiger partial charge in [0.25, 0.3) is 5.69 Å². The Labute approximate surface area is 115 Å². The molecule has 104 valence electrons. The van der Waals surface area contributed by atoms with Crippen LogP contribution in [0.15, 0.2) is 18.2 Å². The Balaban J connectivity index is 2.79. The van der Waals surface area contributed by atoms with E-state index in [2.05, 4.69) is 12.2 Å². The number of nitrogens with zero attached hydrogens (tertiary/aromatic N) is 1. The van der Waals surface area contributed by atoms with Gasteiger partial charge in [-0.3, -0.25) is 10.1 Å². The highest BCUT2D eigenvalue weighted by atomic mass is 32.2. The van der Waals surface area contributed by atoms with E-state index in [9.17, 15) is 14.9 Å². The van der Waals surface area contributed by atoms with Gasteiger partial charge in [0.05, 0.1) is 4.92 Å². The Hall–Kier alpha value is -1.76. The van der Waals surface area contributed by atoms with E-state index in [1.54, 1.807) is 11.8 Å². The predicted molar refractivity (Wildman–Crippen MR) is 76.1 cm³/mol. The smallest absolute Gasteiger partial charge is 0.342 e. The Morgan fingerprint density at radius 3 is 2.79 bits per heavy atom. The highest BCUT2D eigenvalue weighted by Crippen LogP contribution is 2.23. The molecule has 1 aromatic carbocycles. The molecule has 1 unspecified atom stereocenters. The third kappa shape index (κ3) is 4.44. The van der Waals surface area contributed by atoms with Crippen LogP contribution < -0.4 is 5.32 Å². The lowest BCUT2D eigenvalue weighted by atomic mass is 10.1. The summed E-state index contributed by atoms with van der Waals surface area (Å²) in [6, 6.07) is 4.03. The maximum absolute atomic E-state index is 11.0. The predicted octanol–water partition coefficient (Wildman–Crippen LogP) is 2.85. The van der Waals surface area contributed by atoms with E-state index in [0.29, 0.717) is 17.5 Å². The molecular formula is C12H16N2O4S. The molecule has 0 amide bonds. The molecule has 1 rings (SSSR count). The molecule has 0 bridgehead atoms. The summed E-state index contributed by atoms with van der Waals surface area (Å²) in [6.45, 7) is 2.80. The Morgan fingerprint density at radius 2 is 2.26 bits per heavy atom.